The van der Waals surface area contributed by atoms with Gasteiger partial charge in [-0.2, -0.15) is 8.42 Å². The molecule has 1 fully saturated rings. The van der Waals surface area contributed by atoms with E-state index >= 15 is 0 Å². The fourth-order valence-corrected chi connectivity index (χ4v) is 2.08. The summed E-state index contributed by atoms with van der Waals surface area (Å²) in [5.41, 5.74) is 8.28. The summed E-state index contributed by atoms with van der Waals surface area (Å²) in [7, 11) is -3.41. The molecule has 2 atom stereocenters. The van der Waals surface area contributed by atoms with Gasteiger partial charge < -0.3 is 5.11 Å². The van der Waals surface area contributed by atoms with E-state index in [1.807, 2.05) is 4.90 Å². The zero-order chi connectivity index (χ0) is 12.9. The third kappa shape index (κ3) is 5.33. The molecule has 1 N–H and O–H groups in total. The number of β-amino-alcohol motifs (C(OH)–C–C–N with tert-alkyl or cyclic N) is 1. The van der Waals surface area contributed by atoms with Crippen LogP contribution in [0.3, 0.4) is 0 Å². The van der Waals surface area contributed by atoms with Crippen molar-refractivity contribution in [1.82, 2.24) is 4.90 Å². The molecule has 0 saturated carbocycles. The first kappa shape index (κ1) is 14.2. The van der Waals surface area contributed by atoms with Gasteiger partial charge >= 0.3 is 0 Å². The first-order valence-corrected chi connectivity index (χ1v) is 7.03. The molecule has 0 spiro atoms. The van der Waals surface area contributed by atoms with Crippen LogP contribution in [0.15, 0.2) is 5.11 Å². The summed E-state index contributed by atoms with van der Waals surface area (Å²) in [5.74, 6) is 0. The number of aliphatic hydroxyl groups excluding tert-OH is 1. The van der Waals surface area contributed by atoms with Crippen LogP contribution >= 0.6 is 0 Å². The average molecular weight is 264 g/mol. The molecule has 98 valence electrons. The van der Waals surface area contributed by atoms with Gasteiger partial charge in [0.2, 0.25) is 0 Å². The Labute approximate surface area is 99.9 Å². The van der Waals surface area contributed by atoms with E-state index in [4.69, 9.17) is 5.53 Å². The predicted molar refractivity (Wildman–Crippen MR) is 60.8 cm³/mol. The van der Waals surface area contributed by atoms with E-state index in [2.05, 4.69) is 14.2 Å². The summed E-state index contributed by atoms with van der Waals surface area (Å²) in [6.07, 6.45) is 0.845. The molecule has 1 saturated heterocycles. The van der Waals surface area contributed by atoms with Gasteiger partial charge in [0.25, 0.3) is 10.1 Å². The number of likely N-dealkylation sites (tertiary alicyclic amines) is 1. The van der Waals surface area contributed by atoms with E-state index in [0.29, 0.717) is 26.1 Å². The van der Waals surface area contributed by atoms with Gasteiger partial charge in [0.15, 0.2) is 0 Å². The van der Waals surface area contributed by atoms with E-state index in [0.717, 1.165) is 6.26 Å². The molecule has 0 aromatic rings. The SMILES string of the molecule is CS(=O)(=O)OCCN1CC[C@@H](N=[N+]=[N-])[C@@H](O)C1. The first-order chi connectivity index (χ1) is 7.92. The van der Waals surface area contributed by atoms with E-state index in [-0.39, 0.29) is 6.61 Å². The Kier molecular flexibility index (Phi) is 5.16. The summed E-state index contributed by atoms with van der Waals surface area (Å²) in [6.45, 7) is 1.50. The van der Waals surface area contributed by atoms with Crippen LogP contribution in [0, 0.1) is 0 Å². The number of hydrogen-bond acceptors (Lipinski definition) is 6. The first-order valence-electron chi connectivity index (χ1n) is 5.21. The van der Waals surface area contributed by atoms with Crippen LogP contribution in [-0.2, 0) is 14.3 Å². The molecule has 0 aliphatic carbocycles. The molecular weight excluding hydrogens is 248 g/mol. The maximum Gasteiger partial charge on any atom is 0.264 e. The molecule has 8 nitrogen and oxygen atoms in total. The van der Waals surface area contributed by atoms with E-state index < -0.39 is 22.3 Å². The second-order valence-electron chi connectivity index (χ2n) is 3.95. The monoisotopic (exact) mass is 264 g/mol. The Hall–Kier alpha value is -0.860. The molecule has 0 bridgehead atoms. The highest BCUT2D eigenvalue weighted by Gasteiger charge is 2.26. The molecule has 0 aromatic carbocycles. The second-order valence-corrected chi connectivity index (χ2v) is 5.60. The van der Waals surface area contributed by atoms with Crippen molar-refractivity contribution in [2.24, 2.45) is 5.11 Å². The van der Waals surface area contributed by atoms with Crippen molar-refractivity contribution < 1.29 is 17.7 Å². The molecule has 1 aliphatic rings. The number of aliphatic hydroxyl groups is 1. The maximum atomic E-state index is 10.7. The number of nitrogens with zero attached hydrogens (tertiary/aromatic N) is 4. The third-order valence-corrected chi connectivity index (χ3v) is 3.13. The number of hydrogen-bond donors (Lipinski definition) is 1. The minimum atomic E-state index is -3.41. The predicted octanol–water partition coefficient (Wildman–Crippen LogP) is -0.292. The molecule has 0 radical (unpaired) electrons. The molecule has 17 heavy (non-hydrogen) atoms. The lowest BCUT2D eigenvalue weighted by molar-refractivity contribution is 0.0481. The topological polar surface area (TPSA) is 116 Å². The zero-order valence-electron chi connectivity index (χ0n) is 9.56. The minimum Gasteiger partial charge on any atom is -0.391 e. The van der Waals surface area contributed by atoms with Crippen LogP contribution < -0.4 is 0 Å². The highest BCUT2D eigenvalue weighted by Crippen LogP contribution is 2.14. The van der Waals surface area contributed by atoms with E-state index in [9.17, 15) is 13.5 Å². The molecule has 0 aromatic heterocycles. The van der Waals surface area contributed by atoms with Gasteiger partial charge in [-0.1, -0.05) is 5.11 Å². The minimum absolute atomic E-state index is 0.0672. The standard InChI is InChI=1S/C8H16N4O4S/c1-17(14,15)16-5-4-12-3-2-7(10-11-9)8(13)6-12/h7-8,13H,2-6H2,1H3/t7-,8+/m1/s1. The van der Waals surface area contributed by atoms with Crippen LogP contribution in [0.5, 0.6) is 0 Å². The Morgan fingerprint density at radius 3 is 2.88 bits per heavy atom. The van der Waals surface area contributed by atoms with E-state index in [1.165, 1.54) is 0 Å². The Morgan fingerprint density at radius 2 is 2.35 bits per heavy atom. The van der Waals surface area contributed by atoms with Crippen molar-refractivity contribution in [3.8, 4) is 0 Å². The van der Waals surface area contributed by atoms with Gasteiger partial charge in [0, 0.05) is 18.0 Å². The van der Waals surface area contributed by atoms with Crippen LogP contribution in [0.25, 0.3) is 10.4 Å². The molecule has 0 amide bonds. The molecular formula is C8H16N4O4S. The quantitative estimate of drug-likeness (QED) is 0.317. The molecule has 1 rings (SSSR count). The highest BCUT2D eigenvalue weighted by molar-refractivity contribution is 7.85. The van der Waals surface area contributed by atoms with Gasteiger partial charge in [0.1, 0.15) is 0 Å². The molecule has 1 aliphatic heterocycles. The largest absolute Gasteiger partial charge is 0.391 e. The highest BCUT2D eigenvalue weighted by atomic mass is 32.2. The van der Waals surface area contributed by atoms with Crippen LogP contribution in [-0.4, -0.2) is 63.1 Å². The molecule has 9 heteroatoms. The summed E-state index contributed by atoms with van der Waals surface area (Å²) < 4.78 is 26.1. The van der Waals surface area contributed by atoms with Crippen molar-refractivity contribution in [2.45, 2.75) is 18.6 Å². The summed E-state index contributed by atoms with van der Waals surface area (Å²) in [5, 5.41) is 13.2. The Bertz CT molecular complexity index is 392. The zero-order valence-corrected chi connectivity index (χ0v) is 10.4. The fourth-order valence-electron chi connectivity index (χ4n) is 1.71. The lowest BCUT2D eigenvalue weighted by atomic mass is 10.0. The number of azide groups is 1. The van der Waals surface area contributed by atoms with Gasteiger partial charge in [-0.05, 0) is 18.5 Å². The summed E-state index contributed by atoms with van der Waals surface area (Å²) in [6, 6.07) is -0.396. The third-order valence-electron chi connectivity index (χ3n) is 2.54. The smallest absolute Gasteiger partial charge is 0.264 e. The number of piperidine rings is 1. The van der Waals surface area contributed by atoms with Gasteiger partial charge in [-0.3, -0.25) is 9.08 Å². The lowest BCUT2D eigenvalue weighted by Gasteiger charge is -2.33. The van der Waals surface area contributed by atoms with Gasteiger partial charge in [0.05, 0.1) is 25.0 Å². The average Bonchev–Trinajstić information content (AvgIpc) is 2.20. The van der Waals surface area contributed by atoms with Crippen molar-refractivity contribution >= 4 is 10.1 Å². The van der Waals surface area contributed by atoms with Crippen molar-refractivity contribution in [2.75, 3.05) is 32.5 Å². The van der Waals surface area contributed by atoms with Gasteiger partial charge in [-0.25, -0.2) is 0 Å². The Morgan fingerprint density at radius 1 is 1.65 bits per heavy atom. The van der Waals surface area contributed by atoms with Crippen molar-refractivity contribution in [3.05, 3.63) is 10.4 Å². The Balaban J connectivity index is 2.32. The van der Waals surface area contributed by atoms with Gasteiger partial charge in [-0.15, -0.1) is 0 Å². The van der Waals surface area contributed by atoms with Crippen LogP contribution in [0.4, 0.5) is 0 Å². The fraction of sp³-hybridized carbons (Fsp3) is 1.00. The normalized spacial score (nSPS) is 26.5. The maximum absolute atomic E-state index is 10.7. The van der Waals surface area contributed by atoms with Crippen LogP contribution in [0.2, 0.25) is 0 Å². The van der Waals surface area contributed by atoms with Crippen LogP contribution in [0.1, 0.15) is 6.42 Å². The second kappa shape index (κ2) is 6.18. The summed E-state index contributed by atoms with van der Waals surface area (Å²) >= 11 is 0. The molecule has 1 heterocycles. The summed E-state index contributed by atoms with van der Waals surface area (Å²) in [4.78, 5) is 4.55. The lowest BCUT2D eigenvalue weighted by Crippen LogP contribution is -2.46. The molecule has 0 unspecified atom stereocenters. The van der Waals surface area contributed by atoms with Crippen molar-refractivity contribution in [1.29, 1.82) is 0 Å². The number of rotatable bonds is 5. The van der Waals surface area contributed by atoms with E-state index in [1.54, 1.807) is 0 Å². The van der Waals surface area contributed by atoms with Crippen molar-refractivity contribution in [3.63, 3.8) is 0 Å².